The number of aryl methyl sites for hydroxylation is 2. The number of rotatable bonds is 3. The average molecular weight is 325 g/mol. The summed E-state index contributed by atoms with van der Waals surface area (Å²) in [4.78, 5) is 2.20. The van der Waals surface area contributed by atoms with Gasteiger partial charge in [-0.3, -0.25) is 0 Å². The van der Waals surface area contributed by atoms with E-state index >= 15 is 0 Å². The van der Waals surface area contributed by atoms with Gasteiger partial charge in [-0.15, -0.1) is 0 Å². The number of fused-ring (bicyclic) bond motifs is 1. The maximum Gasteiger partial charge on any atom is 0.139 e. The van der Waals surface area contributed by atoms with E-state index in [2.05, 4.69) is 55.1 Å². The van der Waals surface area contributed by atoms with Crippen molar-refractivity contribution in [3.05, 3.63) is 70.8 Å². The third-order valence-electron chi connectivity index (χ3n) is 5.02. The van der Waals surface area contributed by atoms with Gasteiger partial charge in [0.05, 0.1) is 25.4 Å². The lowest BCUT2D eigenvalue weighted by Crippen LogP contribution is -2.47. The maximum atomic E-state index is 10.1. The molecule has 0 unspecified atom stereocenters. The predicted molar refractivity (Wildman–Crippen MR) is 91.4 cm³/mol. The molecule has 4 rings (SSSR count). The fourth-order valence-corrected chi connectivity index (χ4v) is 3.77. The van der Waals surface area contributed by atoms with Crippen LogP contribution in [0, 0.1) is 13.8 Å². The quantitative estimate of drug-likeness (QED) is 0.942. The first-order valence-electron chi connectivity index (χ1n) is 8.39. The molecular weight excluding hydrogens is 302 g/mol. The zero-order chi connectivity index (χ0) is 16.7. The Morgan fingerprint density at radius 2 is 1.46 bits per heavy atom. The van der Waals surface area contributed by atoms with Gasteiger partial charge in [-0.2, -0.15) is 0 Å². The molecule has 2 fully saturated rings. The van der Waals surface area contributed by atoms with Gasteiger partial charge < -0.3 is 14.6 Å². The predicted octanol–water partition coefficient (Wildman–Crippen LogP) is 3.09. The minimum Gasteiger partial charge on any atom is -0.394 e. The van der Waals surface area contributed by atoms with Crippen LogP contribution in [0.3, 0.4) is 0 Å². The van der Waals surface area contributed by atoms with Crippen molar-refractivity contribution >= 4 is 0 Å². The van der Waals surface area contributed by atoms with Crippen molar-refractivity contribution < 1.29 is 14.6 Å². The summed E-state index contributed by atoms with van der Waals surface area (Å²) in [6, 6.07) is 16.7. The SMILES string of the molecule is Cc1cccc([C@H]2OC[C@]3(CO)CO[C@@H](c4cccc(C)c4)N23)c1. The van der Waals surface area contributed by atoms with Crippen LogP contribution in [0.4, 0.5) is 0 Å². The zero-order valence-corrected chi connectivity index (χ0v) is 14.1. The van der Waals surface area contributed by atoms with Crippen LogP contribution >= 0.6 is 0 Å². The molecule has 1 N–H and O–H groups in total. The van der Waals surface area contributed by atoms with E-state index in [1.165, 1.54) is 11.1 Å². The van der Waals surface area contributed by atoms with Crippen LogP contribution in [-0.2, 0) is 9.47 Å². The molecule has 0 spiro atoms. The second-order valence-corrected chi connectivity index (χ2v) is 6.94. The fraction of sp³-hybridized carbons (Fsp3) is 0.400. The van der Waals surface area contributed by atoms with Crippen LogP contribution in [0.2, 0.25) is 0 Å². The van der Waals surface area contributed by atoms with Crippen molar-refractivity contribution in [2.24, 2.45) is 0 Å². The number of aliphatic hydroxyl groups excluding tert-OH is 1. The number of benzene rings is 2. The molecule has 2 aromatic rings. The molecular formula is C20H23NO3. The Hall–Kier alpha value is -1.72. The highest BCUT2D eigenvalue weighted by molar-refractivity contribution is 5.29. The summed E-state index contributed by atoms with van der Waals surface area (Å²) in [5.74, 6) is 0. The molecule has 3 atom stereocenters. The smallest absolute Gasteiger partial charge is 0.139 e. The van der Waals surface area contributed by atoms with Gasteiger partial charge in [-0.1, -0.05) is 59.7 Å². The lowest BCUT2D eigenvalue weighted by Gasteiger charge is -2.33. The van der Waals surface area contributed by atoms with Gasteiger partial charge in [-0.05, 0) is 25.0 Å². The molecule has 0 bridgehead atoms. The first-order valence-corrected chi connectivity index (χ1v) is 8.39. The van der Waals surface area contributed by atoms with Gasteiger partial charge in [0, 0.05) is 0 Å². The van der Waals surface area contributed by atoms with Crippen LogP contribution < -0.4 is 0 Å². The third kappa shape index (κ3) is 2.47. The minimum atomic E-state index is -0.469. The summed E-state index contributed by atoms with van der Waals surface area (Å²) in [5.41, 5.74) is 4.14. The van der Waals surface area contributed by atoms with Gasteiger partial charge in [0.25, 0.3) is 0 Å². The van der Waals surface area contributed by atoms with Crippen molar-refractivity contribution in [1.29, 1.82) is 0 Å². The van der Waals surface area contributed by atoms with E-state index in [1.54, 1.807) is 0 Å². The Labute approximate surface area is 142 Å². The maximum absolute atomic E-state index is 10.1. The number of hydrogen-bond donors (Lipinski definition) is 1. The number of nitrogens with zero attached hydrogens (tertiary/aromatic N) is 1. The molecule has 24 heavy (non-hydrogen) atoms. The van der Waals surface area contributed by atoms with E-state index in [0.717, 1.165) is 11.1 Å². The number of ether oxygens (including phenoxy) is 2. The largest absolute Gasteiger partial charge is 0.394 e. The molecule has 2 aliphatic rings. The van der Waals surface area contributed by atoms with E-state index < -0.39 is 5.54 Å². The van der Waals surface area contributed by atoms with Crippen molar-refractivity contribution in [2.45, 2.75) is 31.8 Å². The molecule has 0 saturated carbocycles. The molecule has 2 heterocycles. The van der Waals surface area contributed by atoms with Gasteiger partial charge in [0.1, 0.15) is 12.5 Å². The molecule has 0 radical (unpaired) electrons. The standard InChI is InChI=1S/C20H23NO3/c1-14-5-3-7-16(9-14)18-21-19(17-8-4-6-15(2)10-17)24-13-20(21,11-22)12-23-18/h3-10,18-19,22H,11-13H2,1-2H3/t18-,19+,20-. The van der Waals surface area contributed by atoms with Crippen molar-refractivity contribution in [2.75, 3.05) is 19.8 Å². The van der Waals surface area contributed by atoms with Crippen LogP contribution in [0.1, 0.15) is 34.7 Å². The number of hydrogen-bond acceptors (Lipinski definition) is 4. The number of aliphatic hydroxyl groups is 1. The Bertz CT molecular complexity index is 688. The van der Waals surface area contributed by atoms with Crippen molar-refractivity contribution in [3.63, 3.8) is 0 Å². The Kier molecular flexibility index (Phi) is 3.93. The summed E-state index contributed by atoms with van der Waals surface area (Å²) >= 11 is 0. The minimum absolute atomic E-state index is 0.0254. The molecule has 0 aliphatic carbocycles. The highest BCUT2D eigenvalue weighted by atomic mass is 16.6. The van der Waals surface area contributed by atoms with Crippen LogP contribution in [0.15, 0.2) is 48.5 Å². The van der Waals surface area contributed by atoms with Gasteiger partial charge >= 0.3 is 0 Å². The van der Waals surface area contributed by atoms with Crippen molar-refractivity contribution in [3.8, 4) is 0 Å². The lowest BCUT2D eigenvalue weighted by molar-refractivity contribution is -0.0630. The molecule has 4 heteroatoms. The monoisotopic (exact) mass is 325 g/mol. The van der Waals surface area contributed by atoms with E-state index in [4.69, 9.17) is 9.47 Å². The first kappa shape index (κ1) is 15.8. The zero-order valence-electron chi connectivity index (χ0n) is 14.1. The van der Waals surface area contributed by atoms with Gasteiger partial charge in [0.2, 0.25) is 0 Å². The molecule has 2 aliphatic heterocycles. The highest BCUT2D eigenvalue weighted by Gasteiger charge is 2.56. The molecule has 4 nitrogen and oxygen atoms in total. The van der Waals surface area contributed by atoms with Gasteiger partial charge in [0.15, 0.2) is 0 Å². The summed E-state index contributed by atoms with van der Waals surface area (Å²) < 4.78 is 12.2. The summed E-state index contributed by atoms with van der Waals surface area (Å²) in [6.45, 7) is 5.14. The average Bonchev–Trinajstić information content (AvgIpc) is 3.12. The molecule has 0 amide bonds. The molecule has 2 saturated heterocycles. The third-order valence-corrected chi connectivity index (χ3v) is 5.02. The van der Waals surface area contributed by atoms with E-state index in [1.807, 2.05) is 12.1 Å². The second kappa shape index (κ2) is 5.97. The summed E-state index contributed by atoms with van der Waals surface area (Å²) in [6.07, 6.45) is -0.407. The Morgan fingerprint density at radius 3 is 1.88 bits per heavy atom. The van der Waals surface area contributed by atoms with Crippen molar-refractivity contribution in [1.82, 2.24) is 4.90 Å². The topological polar surface area (TPSA) is 41.9 Å². The first-order chi connectivity index (χ1) is 11.6. The summed E-state index contributed by atoms with van der Waals surface area (Å²) in [7, 11) is 0. The second-order valence-electron chi connectivity index (χ2n) is 6.94. The van der Waals surface area contributed by atoms with E-state index in [9.17, 15) is 5.11 Å². The lowest BCUT2D eigenvalue weighted by atomic mass is 10.0. The van der Waals surface area contributed by atoms with E-state index in [0.29, 0.717) is 13.2 Å². The molecule has 0 aromatic heterocycles. The Morgan fingerprint density at radius 1 is 0.958 bits per heavy atom. The molecule has 126 valence electrons. The van der Waals surface area contributed by atoms with Crippen LogP contribution in [0.25, 0.3) is 0 Å². The Balaban J connectivity index is 1.75. The summed E-state index contributed by atoms with van der Waals surface area (Å²) in [5, 5.41) is 10.1. The van der Waals surface area contributed by atoms with E-state index in [-0.39, 0.29) is 19.1 Å². The fourth-order valence-electron chi connectivity index (χ4n) is 3.77. The highest BCUT2D eigenvalue weighted by Crippen LogP contribution is 2.48. The van der Waals surface area contributed by atoms with Gasteiger partial charge in [-0.25, -0.2) is 4.90 Å². The van der Waals surface area contributed by atoms with Crippen LogP contribution in [-0.4, -0.2) is 35.4 Å². The van der Waals surface area contributed by atoms with Crippen LogP contribution in [0.5, 0.6) is 0 Å². The molecule has 2 aromatic carbocycles. The normalized spacial score (nSPS) is 29.8.